The Balaban J connectivity index is 1.32. The van der Waals surface area contributed by atoms with Crippen molar-refractivity contribution in [1.29, 1.82) is 0 Å². The third-order valence-electron chi connectivity index (χ3n) is 6.64. The Morgan fingerprint density at radius 1 is 1.09 bits per heavy atom. The number of fused-ring (bicyclic) bond motifs is 2. The van der Waals surface area contributed by atoms with E-state index in [1.807, 2.05) is 24.3 Å². The summed E-state index contributed by atoms with van der Waals surface area (Å²) in [7, 11) is -3.64. The molecular formula is C26H30N2O6S. The normalized spacial score (nSPS) is 22.8. The lowest BCUT2D eigenvalue weighted by molar-refractivity contribution is 0.0774. The number of carbonyl (C=O) groups is 1. The Morgan fingerprint density at radius 2 is 1.80 bits per heavy atom. The second kappa shape index (κ2) is 9.20. The van der Waals surface area contributed by atoms with Gasteiger partial charge in [0.05, 0.1) is 11.4 Å². The zero-order chi connectivity index (χ0) is 24.7. The number of amides is 1. The number of carbonyl (C=O) groups excluding carboxylic acids is 1. The van der Waals surface area contributed by atoms with Crippen LogP contribution in [-0.2, 0) is 10.0 Å². The van der Waals surface area contributed by atoms with E-state index >= 15 is 0 Å². The first-order valence-corrected chi connectivity index (χ1v) is 13.4. The summed E-state index contributed by atoms with van der Waals surface area (Å²) in [5.41, 5.74) is 1.07. The molecule has 1 saturated heterocycles. The zero-order valence-electron chi connectivity index (χ0n) is 20.1. The quantitative estimate of drug-likeness (QED) is 0.572. The van der Waals surface area contributed by atoms with Crippen LogP contribution >= 0.6 is 0 Å². The van der Waals surface area contributed by atoms with E-state index in [1.54, 1.807) is 29.4 Å². The molecule has 5 rings (SSSR count). The molecule has 2 aliphatic rings. The van der Waals surface area contributed by atoms with E-state index in [-0.39, 0.29) is 29.2 Å². The van der Waals surface area contributed by atoms with Crippen LogP contribution in [0, 0.1) is 18.8 Å². The minimum absolute atomic E-state index is 0.159. The second-order valence-electron chi connectivity index (χ2n) is 9.69. The lowest BCUT2D eigenvalue weighted by atomic mass is 9.94. The number of para-hydroxylation sites is 2. The standard InChI is InChI=1S/C26H30N2O6S/c1-16-10-17(2)14-28(13-16)35(30,31)20-8-9-22-21(11-20)18(3)25(34-22)26(29)27-12-19-15-32-23-6-4-5-7-24(23)33-19/h4-9,11,16-17,19H,10,12-15H2,1-3H3,(H,27,29)/t16-,17-,19-/m1/s1. The Kier molecular flexibility index (Phi) is 6.23. The number of nitrogens with one attached hydrogen (secondary N) is 1. The van der Waals surface area contributed by atoms with E-state index in [4.69, 9.17) is 13.9 Å². The largest absolute Gasteiger partial charge is 0.486 e. The van der Waals surface area contributed by atoms with E-state index in [9.17, 15) is 13.2 Å². The summed E-state index contributed by atoms with van der Waals surface area (Å²) < 4.78 is 45.6. The minimum Gasteiger partial charge on any atom is -0.486 e. The molecule has 1 amide bonds. The van der Waals surface area contributed by atoms with Crippen LogP contribution in [-0.4, -0.2) is 51.0 Å². The number of sulfonamides is 1. The van der Waals surface area contributed by atoms with E-state index < -0.39 is 10.0 Å². The molecule has 2 aromatic carbocycles. The number of rotatable bonds is 5. The first-order chi connectivity index (χ1) is 16.7. The summed E-state index contributed by atoms with van der Waals surface area (Å²) in [4.78, 5) is 13.1. The smallest absolute Gasteiger partial charge is 0.287 e. The van der Waals surface area contributed by atoms with Gasteiger partial charge in [0.1, 0.15) is 18.3 Å². The Bertz CT molecular complexity index is 1360. The van der Waals surface area contributed by atoms with Crippen molar-refractivity contribution in [3.63, 3.8) is 0 Å². The van der Waals surface area contributed by atoms with Gasteiger partial charge in [-0.3, -0.25) is 4.79 Å². The number of benzene rings is 2. The lowest BCUT2D eigenvalue weighted by Gasteiger charge is -2.34. The topological polar surface area (TPSA) is 98.1 Å². The fourth-order valence-corrected chi connectivity index (χ4v) is 6.69. The number of aryl methyl sites for hydroxylation is 1. The summed E-state index contributed by atoms with van der Waals surface area (Å²) in [6.07, 6.45) is 0.694. The number of hydrogen-bond donors (Lipinski definition) is 1. The van der Waals surface area contributed by atoms with E-state index in [1.165, 1.54) is 0 Å². The summed E-state index contributed by atoms with van der Waals surface area (Å²) >= 11 is 0. The second-order valence-corrected chi connectivity index (χ2v) is 11.6. The van der Waals surface area contributed by atoms with Gasteiger partial charge in [0.25, 0.3) is 5.91 Å². The van der Waals surface area contributed by atoms with Crippen molar-refractivity contribution in [3.8, 4) is 11.5 Å². The van der Waals surface area contributed by atoms with Crippen molar-refractivity contribution in [2.75, 3.05) is 26.2 Å². The van der Waals surface area contributed by atoms with Crippen molar-refractivity contribution < 1.29 is 27.1 Å². The lowest BCUT2D eigenvalue weighted by Crippen LogP contribution is -2.42. The van der Waals surface area contributed by atoms with E-state index in [0.29, 0.717) is 59.6 Å². The van der Waals surface area contributed by atoms with Gasteiger partial charge in [0.2, 0.25) is 10.0 Å². The van der Waals surface area contributed by atoms with Crippen LogP contribution < -0.4 is 14.8 Å². The predicted octanol–water partition coefficient (Wildman–Crippen LogP) is 3.98. The first-order valence-electron chi connectivity index (χ1n) is 11.9. The predicted molar refractivity (Wildman–Crippen MR) is 131 cm³/mol. The molecule has 1 fully saturated rings. The third-order valence-corrected chi connectivity index (χ3v) is 8.47. The molecule has 1 aromatic heterocycles. The van der Waals surface area contributed by atoms with Crippen molar-refractivity contribution in [1.82, 2.24) is 9.62 Å². The van der Waals surface area contributed by atoms with Crippen LogP contribution in [0.1, 0.15) is 36.4 Å². The number of nitrogens with zero attached hydrogens (tertiary/aromatic N) is 1. The van der Waals surface area contributed by atoms with Gasteiger partial charge in [-0.05, 0) is 55.5 Å². The van der Waals surface area contributed by atoms with Crippen LogP contribution in [0.2, 0.25) is 0 Å². The molecule has 0 aliphatic carbocycles. The van der Waals surface area contributed by atoms with E-state index in [2.05, 4.69) is 19.2 Å². The molecule has 3 heterocycles. The number of hydrogen-bond acceptors (Lipinski definition) is 6. The molecule has 8 nitrogen and oxygen atoms in total. The molecule has 1 N–H and O–H groups in total. The van der Waals surface area contributed by atoms with E-state index in [0.717, 1.165) is 6.42 Å². The Morgan fingerprint density at radius 3 is 2.54 bits per heavy atom. The van der Waals surface area contributed by atoms with Gasteiger partial charge in [-0.2, -0.15) is 4.31 Å². The maximum atomic E-state index is 13.3. The number of ether oxygens (including phenoxy) is 2. The van der Waals surface area contributed by atoms with Crippen molar-refractivity contribution >= 4 is 26.9 Å². The molecule has 0 spiro atoms. The molecule has 0 bridgehead atoms. The monoisotopic (exact) mass is 498 g/mol. The maximum absolute atomic E-state index is 13.3. The molecule has 186 valence electrons. The van der Waals surface area contributed by atoms with Crippen molar-refractivity contribution in [3.05, 3.63) is 53.8 Å². The highest BCUT2D eigenvalue weighted by Crippen LogP contribution is 2.32. The van der Waals surface area contributed by atoms with Crippen molar-refractivity contribution in [2.45, 2.75) is 38.2 Å². The van der Waals surface area contributed by atoms with Crippen LogP contribution in [0.25, 0.3) is 11.0 Å². The van der Waals surface area contributed by atoms with Crippen LogP contribution in [0.4, 0.5) is 0 Å². The molecular weight excluding hydrogens is 468 g/mol. The van der Waals surface area contributed by atoms with Gasteiger partial charge in [0, 0.05) is 24.0 Å². The van der Waals surface area contributed by atoms with Crippen LogP contribution in [0.3, 0.4) is 0 Å². The number of piperidine rings is 1. The van der Waals surface area contributed by atoms with Gasteiger partial charge in [-0.25, -0.2) is 8.42 Å². The third kappa shape index (κ3) is 4.62. The highest BCUT2D eigenvalue weighted by Gasteiger charge is 2.32. The fourth-order valence-electron chi connectivity index (χ4n) is 4.98. The maximum Gasteiger partial charge on any atom is 0.287 e. The Hall–Kier alpha value is -3.04. The molecule has 0 radical (unpaired) electrons. The summed E-state index contributed by atoms with van der Waals surface area (Å²) in [5, 5.41) is 3.45. The highest BCUT2D eigenvalue weighted by atomic mass is 32.2. The average Bonchev–Trinajstić information content (AvgIpc) is 3.17. The average molecular weight is 499 g/mol. The summed E-state index contributed by atoms with van der Waals surface area (Å²) in [6.45, 7) is 7.52. The van der Waals surface area contributed by atoms with Gasteiger partial charge in [-0.15, -0.1) is 0 Å². The van der Waals surface area contributed by atoms with Gasteiger partial charge >= 0.3 is 0 Å². The van der Waals surface area contributed by atoms with Gasteiger partial charge in [-0.1, -0.05) is 26.0 Å². The van der Waals surface area contributed by atoms with Gasteiger partial charge < -0.3 is 19.2 Å². The fraction of sp³-hybridized carbons (Fsp3) is 0.423. The molecule has 9 heteroatoms. The SMILES string of the molecule is Cc1c(C(=O)NC[C@@H]2COc3ccccc3O2)oc2ccc(S(=O)(=O)N3C[C@H](C)C[C@@H](C)C3)cc12. The molecule has 3 atom stereocenters. The minimum atomic E-state index is -3.64. The Labute approximate surface area is 205 Å². The van der Waals surface area contributed by atoms with Gasteiger partial charge in [0.15, 0.2) is 17.3 Å². The van der Waals surface area contributed by atoms with Crippen molar-refractivity contribution in [2.24, 2.45) is 11.8 Å². The summed E-state index contributed by atoms with van der Waals surface area (Å²) in [5.74, 6) is 1.73. The molecule has 3 aromatic rings. The number of furan rings is 1. The van der Waals surface area contributed by atoms with Crippen LogP contribution in [0.5, 0.6) is 11.5 Å². The van der Waals surface area contributed by atoms with Crippen LogP contribution in [0.15, 0.2) is 51.8 Å². The molecule has 35 heavy (non-hydrogen) atoms. The zero-order valence-corrected chi connectivity index (χ0v) is 20.9. The molecule has 0 unspecified atom stereocenters. The highest BCUT2D eigenvalue weighted by molar-refractivity contribution is 7.89. The summed E-state index contributed by atoms with van der Waals surface area (Å²) in [6, 6.07) is 12.2. The first kappa shape index (κ1) is 23.7. The molecule has 0 saturated carbocycles. The molecule has 2 aliphatic heterocycles.